The van der Waals surface area contributed by atoms with Crippen molar-refractivity contribution in [3.05, 3.63) is 58.1 Å². The van der Waals surface area contributed by atoms with Gasteiger partial charge in [-0.1, -0.05) is 35.3 Å². The SMILES string of the molecule is COc1cccc(C[NH+]2CCN(S(=O)(=O)c3ccc(Cl)c(Cl)c3)CC2)c1. The highest BCUT2D eigenvalue weighted by atomic mass is 35.5. The van der Waals surface area contributed by atoms with E-state index in [1.807, 2.05) is 18.2 Å². The number of benzene rings is 2. The third kappa shape index (κ3) is 4.32. The summed E-state index contributed by atoms with van der Waals surface area (Å²) in [5, 5.41) is 0.591. The van der Waals surface area contributed by atoms with E-state index in [-0.39, 0.29) is 9.92 Å². The van der Waals surface area contributed by atoms with Gasteiger partial charge in [-0.3, -0.25) is 0 Å². The van der Waals surface area contributed by atoms with Gasteiger partial charge in [0.1, 0.15) is 12.3 Å². The number of halogens is 2. The summed E-state index contributed by atoms with van der Waals surface area (Å²) in [5.41, 5.74) is 1.18. The van der Waals surface area contributed by atoms with Crippen LogP contribution in [0.25, 0.3) is 0 Å². The van der Waals surface area contributed by atoms with Gasteiger partial charge in [0.2, 0.25) is 10.0 Å². The van der Waals surface area contributed by atoms with Gasteiger partial charge in [-0.2, -0.15) is 4.31 Å². The van der Waals surface area contributed by atoms with Crippen molar-refractivity contribution >= 4 is 33.2 Å². The standard InChI is InChI=1S/C18H20Cl2N2O3S/c1-25-15-4-2-3-14(11-15)13-21-7-9-22(10-8-21)26(23,24)16-5-6-17(19)18(20)12-16/h2-6,11-12H,7-10,13H2,1H3/p+1. The Labute approximate surface area is 164 Å². The van der Waals surface area contributed by atoms with Crippen LogP contribution in [0.1, 0.15) is 5.56 Å². The second-order valence-corrected chi connectivity index (χ2v) is 9.01. The molecule has 26 heavy (non-hydrogen) atoms. The molecule has 1 aliphatic rings. The van der Waals surface area contributed by atoms with Gasteiger partial charge in [0.25, 0.3) is 0 Å². The van der Waals surface area contributed by atoms with Crippen LogP contribution in [0.2, 0.25) is 10.0 Å². The average molecular weight is 416 g/mol. The quantitative estimate of drug-likeness (QED) is 0.813. The lowest BCUT2D eigenvalue weighted by atomic mass is 10.2. The summed E-state index contributed by atoms with van der Waals surface area (Å²) in [6.07, 6.45) is 0. The molecule has 0 spiro atoms. The minimum absolute atomic E-state index is 0.183. The highest BCUT2D eigenvalue weighted by Crippen LogP contribution is 2.26. The molecule has 3 rings (SSSR count). The number of ether oxygens (including phenoxy) is 1. The molecular formula is C18H21Cl2N2O3S+. The first-order valence-corrected chi connectivity index (χ1v) is 10.5. The number of sulfonamides is 1. The summed E-state index contributed by atoms with van der Waals surface area (Å²) in [4.78, 5) is 1.53. The van der Waals surface area contributed by atoms with Crippen LogP contribution >= 0.6 is 23.2 Å². The van der Waals surface area contributed by atoms with Crippen LogP contribution in [0, 0.1) is 0 Å². The van der Waals surface area contributed by atoms with Gasteiger partial charge in [-0.25, -0.2) is 8.42 Å². The highest BCUT2D eigenvalue weighted by molar-refractivity contribution is 7.89. The molecule has 1 saturated heterocycles. The zero-order valence-electron chi connectivity index (χ0n) is 14.4. The van der Waals surface area contributed by atoms with Crippen LogP contribution in [-0.4, -0.2) is 46.0 Å². The third-order valence-electron chi connectivity index (χ3n) is 4.55. The molecule has 2 aromatic rings. The van der Waals surface area contributed by atoms with Gasteiger partial charge in [0.05, 0.1) is 48.2 Å². The van der Waals surface area contributed by atoms with E-state index in [2.05, 4.69) is 6.07 Å². The lowest BCUT2D eigenvalue weighted by molar-refractivity contribution is -0.917. The van der Waals surface area contributed by atoms with Gasteiger partial charge in [-0.15, -0.1) is 0 Å². The van der Waals surface area contributed by atoms with Crippen LogP contribution in [0.3, 0.4) is 0 Å². The Bertz CT molecular complexity index is 882. The van der Waals surface area contributed by atoms with E-state index >= 15 is 0 Å². The van der Waals surface area contributed by atoms with E-state index in [9.17, 15) is 8.42 Å². The Morgan fingerprint density at radius 3 is 2.46 bits per heavy atom. The smallest absolute Gasteiger partial charge is 0.243 e. The fourth-order valence-corrected chi connectivity index (χ4v) is 4.91. The number of hydrogen-bond acceptors (Lipinski definition) is 3. The van der Waals surface area contributed by atoms with Crippen molar-refractivity contribution in [3.8, 4) is 5.75 Å². The van der Waals surface area contributed by atoms with Crippen molar-refractivity contribution < 1.29 is 18.1 Å². The maximum Gasteiger partial charge on any atom is 0.243 e. The second kappa shape index (κ2) is 8.15. The van der Waals surface area contributed by atoms with E-state index in [1.54, 1.807) is 7.11 Å². The summed E-state index contributed by atoms with van der Waals surface area (Å²) in [5.74, 6) is 0.836. The Hall–Kier alpha value is -1.31. The molecular weight excluding hydrogens is 395 g/mol. The molecule has 0 aromatic heterocycles. The van der Waals surface area contributed by atoms with E-state index in [0.717, 1.165) is 25.4 Å². The molecule has 1 heterocycles. The molecule has 0 bridgehead atoms. The first-order valence-electron chi connectivity index (χ1n) is 8.32. The zero-order valence-corrected chi connectivity index (χ0v) is 16.7. The fourth-order valence-electron chi connectivity index (χ4n) is 3.08. The van der Waals surface area contributed by atoms with Crippen LogP contribution < -0.4 is 9.64 Å². The van der Waals surface area contributed by atoms with E-state index in [0.29, 0.717) is 18.1 Å². The van der Waals surface area contributed by atoms with Crippen LogP contribution in [0.5, 0.6) is 5.75 Å². The summed E-state index contributed by atoms with van der Waals surface area (Å²) in [7, 11) is -1.90. The van der Waals surface area contributed by atoms with Gasteiger partial charge in [0.15, 0.2) is 0 Å². The Kier molecular flexibility index (Phi) is 6.10. The largest absolute Gasteiger partial charge is 0.497 e. The number of rotatable bonds is 5. The van der Waals surface area contributed by atoms with Crippen molar-refractivity contribution in [2.75, 3.05) is 33.3 Å². The van der Waals surface area contributed by atoms with Gasteiger partial charge >= 0.3 is 0 Å². The summed E-state index contributed by atoms with van der Waals surface area (Å²) in [6, 6.07) is 12.4. The predicted molar refractivity (Wildman–Crippen MR) is 103 cm³/mol. The minimum Gasteiger partial charge on any atom is -0.497 e. The van der Waals surface area contributed by atoms with E-state index < -0.39 is 10.0 Å². The molecule has 0 radical (unpaired) electrons. The van der Waals surface area contributed by atoms with Crippen LogP contribution in [-0.2, 0) is 16.6 Å². The lowest BCUT2D eigenvalue weighted by Crippen LogP contribution is -3.13. The average Bonchev–Trinajstić information content (AvgIpc) is 2.64. The molecule has 2 aromatic carbocycles. The normalized spacial score (nSPS) is 16.6. The molecule has 0 amide bonds. The number of methoxy groups -OCH3 is 1. The number of nitrogens with zero attached hydrogens (tertiary/aromatic N) is 1. The number of quaternary nitrogens is 1. The van der Waals surface area contributed by atoms with Crippen LogP contribution in [0.15, 0.2) is 47.4 Å². The second-order valence-electron chi connectivity index (χ2n) is 6.26. The molecule has 1 aliphatic heterocycles. The van der Waals surface area contributed by atoms with E-state index in [4.69, 9.17) is 27.9 Å². The van der Waals surface area contributed by atoms with Gasteiger partial charge in [0, 0.05) is 5.56 Å². The number of hydrogen-bond donors (Lipinski definition) is 1. The van der Waals surface area contributed by atoms with Crippen molar-refractivity contribution in [2.45, 2.75) is 11.4 Å². The van der Waals surface area contributed by atoms with Gasteiger partial charge in [-0.05, 0) is 30.3 Å². The van der Waals surface area contributed by atoms with Crippen molar-refractivity contribution in [1.29, 1.82) is 0 Å². The van der Waals surface area contributed by atoms with Crippen LogP contribution in [0.4, 0.5) is 0 Å². The maximum atomic E-state index is 12.8. The molecule has 1 N–H and O–H groups in total. The molecule has 0 saturated carbocycles. The number of nitrogens with one attached hydrogen (secondary N) is 1. The van der Waals surface area contributed by atoms with E-state index in [1.165, 1.54) is 33.0 Å². The lowest BCUT2D eigenvalue weighted by Gasteiger charge is -2.31. The Morgan fingerprint density at radius 2 is 1.81 bits per heavy atom. The monoisotopic (exact) mass is 415 g/mol. The Balaban J connectivity index is 1.64. The third-order valence-corrected chi connectivity index (χ3v) is 7.18. The van der Waals surface area contributed by atoms with Crippen molar-refractivity contribution in [1.82, 2.24) is 4.31 Å². The first kappa shape index (κ1) is 19.5. The molecule has 5 nitrogen and oxygen atoms in total. The number of piperazine rings is 1. The topological polar surface area (TPSA) is 51.1 Å². The molecule has 8 heteroatoms. The fraction of sp³-hybridized carbons (Fsp3) is 0.333. The van der Waals surface area contributed by atoms with Crippen molar-refractivity contribution in [3.63, 3.8) is 0 Å². The molecule has 140 valence electrons. The van der Waals surface area contributed by atoms with Gasteiger partial charge < -0.3 is 9.64 Å². The molecule has 0 unspecified atom stereocenters. The predicted octanol–water partition coefficient (Wildman–Crippen LogP) is 2.09. The minimum atomic E-state index is -3.55. The zero-order chi connectivity index (χ0) is 18.7. The first-order chi connectivity index (χ1) is 12.4. The molecule has 1 fully saturated rings. The summed E-state index contributed by atoms with van der Waals surface area (Å²) >= 11 is 11.8. The molecule has 0 aliphatic carbocycles. The molecule has 0 atom stereocenters. The Morgan fingerprint density at radius 1 is 1.08 bits per heavy atom. The van der Waals surface area contributed by atoms with Crippen molar-refractivity contribution in [2.24, 2.45) is 0 Å². The summed E-state index contributed by atoms with van der Waals surface area (Å²) < 4.78 is 32.4. The summed E-state index contributed by atoms with van der Waals surface area (Å²) in [6.45, 7) is 3.29. The maximum absolute atomic E-state index is 12.8. The highest BCUT2D eigenvalue weighted by Gasteiger charge is 2.30.